The van der Waals surface area contributed by atoms with Gasteiger partial charge in [-0.3, -0.25) is 19.8 Å². The molecule has 0 saturated heterocycles. The normalized spacial score (nSPS) is 10.7. The second-order valence-corrected chi connectivity index (χ2v) is 5.07. The van der Waals surface area contributed by atoms with E-state index >= 15 is 0 Å². The van der Waals surface area contributed by atoms with Gasteiger partial charge in [0, 0.05) is 11.6 Å². The van der Waals surface area contributed by atoms with Gasteiger partial charge < -0.3 is 0 Å². The van der Waals surface area contributed by atoms with E-state index in [-0.39, 0.29) is 21.8 Å². The van der Waals surface area contributed by atoms with Crippen molar-refractivity contribution in [3.05, 3.63) is 24.3 Å². The van der Waals surface area contributed by atoms with Crippen molar-refractivity contribution in [3.8, 4) is 0 Å². The molecule has 6 heteroatoms. The maximum atomic E-state index is 12.1. The summed E-state index contributed by atoms with van der Waals surface area (Å²) in [4.78, 5) is 17.8. The fourth-order valence-corrected chi connectivity index (χ4v) is 1.46. The first-order valence-corrected chi connectivity index (χ1v) is 6.81. The molecule has 0 aliphatic carbocycles. The van der Waals surface area contributed by atoms with Crippen LogP contribution in [0.15, 0.2) is 29.3 Å². The van der Waals surface area contributed by atoms with Crippen molar-refractivity contribution >= 4 is 28.7 Å². The van der Waals surface area contributed by atoms with Crippen LogP contribution in [-0.2, 0) is 4.79 Å². The molecular weight excluding hydrogens is 265 g/mol. The first kappa shape index (κ1) is 19.9. The van der Waals surface area contributed by atoms with Crippen LogP contribution in [-0.4, -0.2) is 34.1 Å². The van der Waals surface area contributed by atoms with E-state index in [0.717, 1.165) is 0 Å². The Morgan fingerprint density at radius 3 is 2.00 bits per heavy atom. The molecular formula is C13H22FN3OS. The lowest BCUT2D eigenvalue weighted by molar-refractivity contribution is -0.124. The van der Waals surface area contributed by atoms with Crippen molar-refractivity contribution < 1.29 is 9.50 Å². The van der Waals surface area contributed by atoms with Gasteiger partial charge in [0.05, 0.1) is 0 Å². The van der Waals surface area contributed by atoms with Gasteiger partial charge in [0.25, 0.3) is 5.91 Å². The molecule has 0 unspecified atom stereocenters. The largest absolute Gasteiger partial charge is 0.290 e. The summed E-state index contributed by atoms with van der Waals surface area (Å²) in [5, 5.41) is 7.76. The zero-order valence-electron chi connectivity index (χ0n) is 12.1. The Bertz CT molecular complexity index is 416. The van der Waals surface area contributed by atoms with Crippen LogP contribution in [0.2, 0.25) is 0 Å². The summed E-state index contributed by atoms with van der Waals surface area (Å²) in [6.45, 7) is 14.7. The van der Waals surface area contributed by atoms with Gasteiger partial charge in [0.15, 0.2) is 5.17 Å². The molecule has 1 N–H and O–H groups in total. The molecule has 0 aliphatic heterocycles. The van der Waals surface area contributed by atoms with E-state index in [0.29, 0.717) is 17.0 Å². The average Bonchev–Trinajstić information content (AvgIpc) is 2.26. The van der Waals surface area contributed by atoms with Crippen molar-refractivity contribution in [1.82, 2.24) is 4.90 Å². The molecule has 0 aromatic rings. The Morgan fingerprint density at radius 2 is 1.74 bits per heavy atom. The molecule has 0 aliphatic rings. The van der Waals surface area contributed by atoms with Crippen LogP contribution in [0.1, 0.15) is 27.7 Å². The molecule has 0 atom stereocenters. The third-order valence-electron chi connectivity index (χ3n) is 2.11. The third-order valence-corrected chi connectivity index (χ3v) is 2.59. The van der Waals surface area contributed by atoms with Crippen molar-refractivity contribution in [2.45, 2.75) is 33.7 Å². The van der Waals surface area contributed by atoms with Crippen LogP contribution < -0.4 is 0 Å². The Labute approximate surface area is 118 Å². The van der Waals surface area contributed by atoms with E-state index in [1.54, 1.807) is 20.1 Å². The Kier molecular flexibility index (Phi) is 9.04. The van der Waals surface area contributed by atoms with Crippen LogP contribution in [0.3, 0.4) is 0 Å². The van der Waals surface area contributed by atoms with E-state index in [1.165, 1.54) is 16.7 Å². The van der Waals surface area contributed by atoms with E-state index in [9.17, 15) is 4.79 Å². The van der Waals surface area contributed by atoms with Crippen LogP contribution in [0.5, 0.6) is 0 Å². The molecule has 4 nitrogen and oxygen atoms in total. The maximum Gasteiger partial charge on any atom is 0.254 e. The molecule has 1 amide bonds. The van der Waals surface area contributed by atoms with E-state index in [1.807, 2.05) is 13.8 Å². The minimum atomic E-state index is -0.194. The number of amidine groups is 2. The van der Waals surface area contributed by atoms with Gasteiger partial charge in [-0.1, -0.05) is 24.9 Å². The van der Waals surface area contributed by atoms with Gasteiger partial charge in [-0.15, -0.1) is 0 Å². The zero-order valence-corrected chi connectivity index (χ0v) is 12.9. The van der Waals surface area contributed by atoms with Crippen LogP contribution in [0.4, 0.5) is 4.70 Å². The van der Waals surface area contributed by atoms with Gasteiger partial charge in [-0.2, -0.15) is 0 Å². The predicted octanol–water partition coefficient (Wildman–Crippen LogP) is 3.22. The summed E-state index contributed by atoms with van der Waals surface area (Å²) < 4.78 is 0. The SMILES string of the molecule is C=C(C)C(=O)N(/C(=N/C(=N)SC)C(=C)C)C(C)C.F. The number of aliphatic imine (C=N–C) groups is 1. The molecule has 0 radical (unpaired) electrons. The summed E-state index contributed by atoms with van der Waals surface area (Å²) in [5.74, 6) is 0.234. The van der Waals surface area contributed by atoms with Crippen LogP contribution in [0.25, 0.3) is 0 Å². The van der Waals surface area contributed by atoms with Gasteiger partial charge in [0.2, 0.25) is 0 Å². The summed E-state index contributed by atoms with van der Waals surface area (Å²) in [6, 6.07) is -0.0701. The first-order chi connectivity index (χ1) is 8.22. The molecule has 0 aromatic heterocycles. The van der Waals surface area contributed by atoms with E-state index < -0.39 is 0 Å². The summed E-state index contributed by atoms with van der Waals surface area (Å²) in [7, 11) is 0. The van der Waals surface area contributed by atoms with Crippen molar-refractivity contribution in [3.63, 3.8) is 0 Å². The van der Waals surface area contributed by atoms with Gasteiger partial charge >= 0.3 is 0 Å². The summed E-state index contributed by atoms with van der Waals surface area (Å²) in [5.41, 5.74) is 1.09. The second kappa shape index (κ2) is 8.63. The summed E-state index contributed by atoms with van der Waals surface area (Å²) in [6.07, 6.45) is 1.77. The molecule has 0 fully saturated rings. The molecule has 0 aromatic carbocycles. The van der Waals surface area contributed by atoms with Crippen LogP contribution >= 0.6 is 11.8 Å². The quantitative estimate of drug-likeness (QED) is 0.492. The molecule has 0 heterocycles. The number of nitrogens with one attached hydrogen (secondary N) is 1. The Balaban J connectivity index is 0. The lowest BCUT2D eigenvalue weighted by atomic mass is 10.2. The lowest BCUT2D eigenvalue weighted by Crippen LogP contribution is -2.43. The predicted molar refractivity (Wildman–Crippen MR) is 82.8 cm³/mol. The highest BCUT2D eigenvalue weighted by Gasteiger charge is 2.23. The highest BCUT2D eigenvalue weighted by atomic mass is 32.2. The molecule has 0 spiro atoms. The average molecular weight is 287 g/mol. The van der Waals surface area contributed by atoms with E-state index in [4.69, 9.17) is 5.41 Å². The number of halogens is 1. The Hall–Kier alpha value is -1.43. The fourth-order valence-electron chi connectivity index (χ4n) is 1.28. The number of amides is 1. The second-order valence-electron chi connectivity index (χ2n) is 4.27. The highest BCUT2D eigenvalue weighted by molar-refractivity contribution is 8.13. The third kappa shape index (κ3) is 5.83. The zero-order chi connectivity index (χ0) is 14.5. The monoisotopic (exact) mass is 287 g/mol. The molecule has 0 saturated carbocycles. The highest BCUT2D eigenvalue weighted by Crippen LogP contribution is 2.12. The van der Waals surface area contributed by atoms with Gasteiger partial charge in [-0.25, -0.2) is 4.99 Å². The number of rotatable bonds is 3. The smallest absolute Gasteiger partial charge is 0.254 e. The number of carbonyl (C=O) groups is 1. The van der Waals surface area contributed by atoms with E-state index in [2.05, 4.69) is 18.2 Å². The summed E-state index contributed by atoms with van der Waals surface area (Å²) >= 11 is 1.21. The Morgan fingerprint density at radius 1 is 1.26 bits per heavy atom. The maximum absolute atomic E-state index is 12.1. The number of hydrogen-bond acceptors (Lipinski definition) is 3. The minimum absolute atomic E-state index is 0. The van der Waals surface area contributed by atoms with Crippen LogP contribution in [0, 0.1) is 5.41 Å². The number of hydrogen-bond donors (Lipinski definition) is 1. The molecule has 108 valence electrons. The first-order valence-electron chi connectivity index (χ1n) is 5.58. The number of nitrogens with zero attached hydrogens (tertiary/aromatic N) is 2. The molecule has 0 bridgehead atoms. The van der Waals surface area contributed by atoms with Crippen molar-refractivity contribution in [2.24, 2.45) is 4.99 Å². The molecule has 19 heavy (non-hydrogen) atoms. The standard InChI is InChI=1S/C13H21N3OS.FH/c1-8(2)11(15-13(14)18-7)16(10(5)6)12(17)9(3)4;/h10,14H,1,3H2,2,4-7H3;1H/b14-13?,15-11+;. The minimum Gasteiger partial charge on any atom is -0.290 e. The van der Waals surface area contributed by atoms with Crippen molar-refractivity contribution in [2.75, 3.05) is 6.26 Å². The topological polar surface area (TPSA) is 56.5 Å². The fraction of sp³-hybridized carbons (Fsp3) is 0.462. The number of carbonyl (C=O) groups excluding carboxylic acids is 1. The van der Waals surface area contributed by atoms with Gasteiger partial charge in [0.1, 0.15) is 5.84 Å². The molecule has 0 rings (SSSR count). The van der Waals surface area contributed by atoms with Crippen molar-refractivity contribution in [1.29, 1.82) is 5.41 Å². The number of thioether (sulfide) groups is 1. The van der Waals surface area contributed by atoms with Gasteiger partial charge in [-0.05, 0) is 39.5 Å². The lowest BCUT2D eigenvalue weighted by Gasteiger charge is -2.28.